The number of aliphatic hydroxyl groups excluding tert-OH is 1. The minimum absolute atomic E-state index is 0.00481. The van der Waals surface area contributed by atoms with E-state index in [1.807, 2.05) is 44.2 Å². The molecule has 2 aliphatic rings. The highest BCUT2D eigenvalue weighted by Crippen LogP contribution is 2.36. The van der Waals surface area contributed by atoms with E-state index < -0.39 is 62.6 Å². The zero-order valence-electron chi connectivity index (χ0n) is 27.2. The van der Waals surface area contributed by atoms with Gasteiger partial charge in [0.15, 0.2) is 6.29 Å². The van der Waals surface area contributed by atoms with Crippen molar-refractivity contribution in [2.75, 3.05) is 44.8 Å². The molecule has 4 N–H and O–H groups in total. The fourth-order valence-corrected chi connectivity index (χ4v) is 8.68. The molecule has 0 saturated carbocycles. The van der Waals surface area contributed by atoms with Gasteiger partial charge in [0.1, 0.15) is 6.09 Å². The number of nitrogen functional groups attached to an aromatic ring is 1. The van der Waals surface area contributed by atoms with Gasteiger partial charge in [0.2, 0.25) is 20.0 Å². The first-order valence-electron chi connectivity index (χ1n) is 15.8. The summed E-state index contributed by atoms with van der Waals surface area (Å²) >= 11 is 0. The van der Waals surface area contributed by atoms with Crippen molar-refractivity contribution in [1.29, 1.82) is 0 Å². The van der Waals surface area contributed by atoms with Gasteiger partial charge in [-0.15, -0.1) is 0 Å². The van der Waals surface area contributed by atoms with Crippen LogP contribution in [0.2, 0.25) is 0 Å². The minimum Gasteiger partial charge on any atom is -0.530 e. The van der Waals surface area contributed by atoms with Crippen molar-refractivity contribution in [3.63, 3.8) is 0 Å². The minimum atomic E-state index is -4.22. The molecule has 2 saturated heterocycles. The smallest absolute Gasteiger partial charge is 0.243 e. The van der Waals surface area contributed by atoms with Crippen LogP contribution in [0.4, 0.5) is 10.5 Å². The maximum absolute atomic E-state index is 14.2. The van der Waals surface area contributed by atoms with E-state index in [9.17, 15) is 31.8 Å². The van der Waals surface area contributed by atoms with Crippen LogP contribution in [-0.2, 0) is 35.9 Å². The number of nitrogens with two attached hydrogens (primary N) is 1. The molecule has 0 aliphatic carbocycles. The summed E-state index contributed by atoms with van der Waals surface area (Å²) in [6.07, 6.45) is 0.00299. The molecule has 2 fully saturated rings. The van der Waals surface area contributed by atoms with Gasteiger partial charge in [-0.05, 0) is 54.9 Å². The van der Waals surface area contributed by atoms with Crippen LogP contribution >= 0.6 is 0 Å². The second-order valence-corrected chi connectivity index (χ2v) is 17.0. The zero-order chi connectivity index (χ0) is 34.4. The number of aliphatic hydroxyl groups is 1. The Bertz CT molecular complexity index is 1560. The van der Waals surface area contributed by atoms with Gasteiger partial charge in [-0.1, -0.05) is 56.7 Å². The Kier molecular flexibility index (Phi) is 12.3. The van der Waals surface area contributed by atoms with E-state index in [2.05, 4.69) is 4.72 Å². The fraction of sp³-hybridized carbons (Fsp3) is 0.594. The van der Waals surface area contributed by atoms with Crippen molar-refractivity contribution in [3.05, 3.63) is 60.2 Å². The maximum Gasteiger partial charge on any atom is 0.243 e. The quantitative estimate of drug-likeness (QED) is 0.161. The average molecular weight is 696 g/mol. The molecule has 2 aliphatic heterocycles. The molecule has 2 aromatic carbocycles. The molecule has 0 radical (unpaired) electrons. The third-order valence-electron chi connectivity index (χ3n) is 8.80. The van der Waals surface area contributed by atoms with Crippen molar-refractivity contribution in [2.45, 2.75) is 75.3 Å². The number of nitrogens with zero attached hydrogens (tertiary/aromatic N) is 2. The van der Waals surface area contributed by atoms with Crippen LogP contribution in [0.1, 0.15) is 45.1 Å². The summed E-state index contributed by atoms with van der Waals surface area (Å²) in [5.41, 5.74) is 6.36. The first-order chi connectivity index (χ1) is 22.1. The van der Waals surface area contributed by atoms with E-state index in [1.165, 1.54) is 22.5 Å². The maximum atomic E-state index is 14.2. The summed E-state index contributed by atoms with van der Waals surface area (Å²) in [6.45, 7) is 4.13. The predicted molar refractivity (Wildman–Crippen MR) is 175 cm³/mol. The SMILES string of the molecule is CC(C)(CCCCNS(C)(=O)=O)CN(C[C@@H](O)[C@H](Cc1ccccc1)N(C(=O)[O-])[C@H]1CO[C@H]2OCC[C@H]21)S(=O)(=O)c1cccc(N)c1. The molecule has 5 atom stereocenters. The molecule has 0 unspecified atom stereocenters. The van der Waals surface area contributed by atoms with Crippen molar-refractivity contribution in [2.24, 2.45) is 11.3 Å². The lowest BCUT2D eigenvalue weighted by molar-refractivity contribution is -0.273. The van der Waals surface area contributed by atoms with Gasteiger partial charge in [0.05, 0.1) is 42.6 Å². The Morgan fingerprint density at radius 3 is 2.49 bits per heavy atom. The first-order valence-corrected chi connectivity index (χ1v) is 19.2. The number of carbonyl (C=O) groups is 1. The van der Waals surface area contributed by atoms with Crippen LogP contribution in [0.3, 0.4) is 0 Å². The van der Waals surface area contributed by atoms with E-state index in [0.717, 1.165) is 16.7 Å². The molecule has 0 aromatic heterocycles. The number of nitrogens with one attached hydrogen (secondary N) is 1. The van der Waals surface area contributed by atoms with Crippen LogP contribution in [0, 0.1) is 11.3 Å². The normalized spacial score (nSPS) is 21.4. The Balaban J connectivity index is 1.64. The molecule has 13 nitrogen and oxygen atoms in total. The number of sulfonamides is 2. The van der Waals surface area contributed by atoms with Gasteiger partial charge >= 0.3 is 0 Å². The molecule has 15 heteroatoms. The molecule has 4 rings (SSSR count). The Hall–Kier alpha value is -2.79. The van der Waals surface area contributed by atoms with Gasteiger partial charge in [0, 0.05) is 31.2 Å². The summed E-state index contributed by atoms with van der Waals surface area (Å²) in [4.78, 5) is 13.9. The molecule has 0 bridgehead atoms. The highest BCUT2D eigenvalue weighted by molar-refractivity contribution is 7.89. The standard InChI is InChI=1S/C32H48N4O9S2/c1-32(2,15-7-8-16-34-46(3,40)41)22-35(47(42,43)25-13-9-12-24(33)19-25)20-29(37)27(18-23-10-5-4-6-11-23)36(31(38)39)28-21-45-30-26(28)14-17-44-30/h4-6,9-13,19,26-30,34,37H,7-8,14-18,20-22,33H2,1-3H3,(H,38,39)/p-1/t26-,27-,28-,29+,30+/m0/s1. The number of hydrogen-bond donors (Lipinski definition) is 3. The lowest BCUT2D eigenvalue weighted by Crippen LogP contribution is -2.61. The van der Waals surface area contributed by atoms with Crippen molar-refractivity contribution in [1.82, 2.24) is 13.9 Å². The monoisotopic (exact) mass is 695 g/mol. The van der Waals surface area contributed by atoms with Crippen molar-refractivity contribution >= 4 is 31.8 Å². The number of rotatable bonds is 17. The van der Waals surface area contributed by atoms with Crippen molar-refractivity contribution in [3.8, 4) is 0 Å². The largest absolute Gasteiger partial charge is 0.530 e. The Morgan fingerprint density at radius 2 is 1.83 bits per heavy atom. The second kappa shape index (κ2) is 15.6. The predicted octanol–water partition coefficient (Wildman–Crippen LogP) is 1.38. The number of hydrogen-bond acceptors (Lipinski definition) is 10. The lowest BCUT2D eigenvalue weighted by atomic mass is 9.87. The number of carboxylic acid groups (broad SMARTS) is 1. The summed E-state index contributed by atoms with van der Waals surface area (Å²) in [5.74, 6) is -0.248. The molecule has 1 amide bonds. The number of carbonyl (C=O) groups excluding carboxylic acids is 1. The summed E-state index contributed by atoms with van der Waals surface area (Å²) in [6, 6.07) is 13.3. The Morgan fingerprint density at radius 1 is 1.11 bits per heavy atom. The Labute approximate surface area is 278 Å². The van der Waals surface area contributed by atoms with Gasteiger partial charge in [-0.25, -0.2) is 21.6 Å². The molecule has 47 heavy (non-hydrogen) atoms. The molecule has 262 valence electrons. The molecule has 2 aromatic rings. The fourth-order valence-electron chi connectivity index (χ4n) is 6.47. The summed E-state index contributed by atoms with van der Waals surface area (Å²) in [5, 5.41) is 24.8. The van der Waals surface area contributed by atoms with E-state index >= 15 is 0 Å². The molecular weight excluding hydrogens is 649 g/mol. The van der Waals surface area contributed by atoms with E-state index in [-0.39, 0.29) is 42.6 Å². The number of benzene rings is 2. The van der Waals surface area contributed by atoms with Crippen LogP contribution in [0.5, 0.6) is 0 Å². The molecule has 0 spiro atoms. The number of anilines is 1. The summed E-state index contributed by atoms with van der Waals surface area (Å²) in [7, 11) is -7.54. The van der Waals surface area contributed by atoms with Crippen LogP contribution in [0.25, 0.3) is 0 Å². The van der Waals surface area contributed by atoms with E-state index in [1.54, 1.807) is 6.07 Å². The molecular formula is C32H47N4O9S2-. The van der Waals surface area contributed by atoms with Crippen LogP contribution < -0.4 is 15.6 Å². The number of ether oxygens (including phenoxy) is 2. The van der Waals surface area contributed by atoms with Gasteiger partial charge in [-0.2, -0.15) is 4.31 Å². The van der Waals surface area contributed by atoms with Crippen molar-refractivity contribution < 1.29 is 41.3 Å². The topological polar surface area (TPSA) is 192 Å². The van der Waals surface area contributed by atoms with E-state index in [0.29, 0.717) is 32.3 Å². The zero-order valence-corrected chi connectivity index (χ0v) is 28.8. The second-order valence-electron chi connectivity index (χ2n) is 13.2. The highest BCUT2D eigenvalue weighted by atomic mass is 32.2. The van der Waals surface area contributed by atoms with Crippen LogP contribution in [-0.4, -0.2) is 101 Å². The lowest BCUT2D eigenvalue weighted by Gasteiger charge is -2.43. The molecule has 2 heterocycles. The third kappa shape index (κ3) is 10.1. The number of unbranched alkanes of at least 4 members (excludes halogenated alkanes) is 1. The van der Waals surface area contributed by atoms with E-state index in [4.69, 9.17) is 15.2 Å². The van der Waals surface area contributed by atoms with Gasteiger partial charge in [0.25, 0.3) is 0 Å². The van der Waals surface area contributed by atoms with Gasteiger partial charge < -0.3 is 35.1 Å². The number of amides is 1. The highest BCUT2D eigenvalue weighted by Gasteiger charge is 2.47. The third-order valence-corrected chi connectivity index (χ3v) is 11.3. The van der Waals surface area contributed by atoms with Gasteiger partial charge in [-0.3, -0.25) is 0 Å². The summed E-state index contributed by atoms with van der Waals surface area (Å²) < 4.78 is 66.3. The van der Waals surface area contributed by atoms with Crippen LogP contribution in [0.15, 0.2) is 59.5 Å². The first kappa shape index (κ1) is 37.0. The number of fused-ring (bicyclic) bond motifs is 1. The average Bonchev–Trinajstić information content (AvgIpc) is 3.61.